The van der Waals surface area contributed by atoms with Gasteiger partial charge in [-0.25, -0.2) is 8.42 Å². The van der Waals surface area contributed by atoms with Gasteiger partial charge in [0.05, 0.1) is 10.7 Å². The molecule has 0 heterocycles. The summed E-state index contributed by atoms with van der Waals surface area (Å²) >= 11 is 5.65. The van der Waals surface area contributed by atoms with Crippen molar-refractivity contribution >= 4 is 27.1 Å². The summed E-state index contributed by atoms with van der Waals surface area (Å²) in [5.74, 6) is 0. The lowest BCUT2D eigenvalue weighted by Gasteiger charge is -2.04. The maximum Gasteiger partial charge on any atom is 0.179 e. The van der Waals surface area contributed by atoms with Crippen LogP contribution in [0.15, 0.2) is 23.1 Å². The molecule has 0 unspecified atom stereocenters. The van der Waals surface area contributed by atoms with Crippen molar-refractivity contribution in [2.24, 2.45) is 0 Å². The van der Waals surface area contributed by atoms with E-state index in [9.17, 15) is 8.42 Å². The summed E-state index contributed by atoms with van der Waals surface area (Å²) in [4.78, 5) is 0.00617. The third-order valence-electron chi connectivity index (χ3n) is 1.37. The van der Waals surface area contributed by atoms with Crippen LogP contribution in [0, 0.1) is 0 Å². The molecule has 0 spiro atoms. The van der Waals surface area contributed by atoms with Crippen LogP contribution in [0.5, 0.6) is 0 Å². The fraction of sp³-hybridized carbons (Fsp3) is 0.143. The van der Waals surface area contributed by atoms with E-state index in [1.807, 2.05) is 0 Å². The third-order valence-corrected chi connectivity index (χ3v) is 2.99. The van der Waals surface area contributed by atoms with Gasteiger partial charge in [0, 0.05) is 6.26 Å². The number of nitrogens with two attached hydrogens (primary N) is 1. The van der Waals surface area contributed by atoms with Crippen molar-refractivity contribution in [1.82, 2.24) is 0 Å². The molecular formula is C7H8ClNO2S. The van der Waals surface area contributed by atoms with Gasteiger partial charge >= 0.3 is 0 Å². The Hall–Kier alpha value is -0.740. The van der Waals surface area contributed by atoms with Gasteiger partial charge in [0.1, 0.15) is 4.90 Å². The van der Waals surface area contributed by atoms with Crippen LogP contribution in [-0.2, 0) is 9.84 Å². The Morgan fingerprint density at radius 1 is 1.42 bits per heavy atom. The Morgan fingerprint density at radius 2 is 2.00 bits per heavy atom. The van der Waals surface area contributed by atoms with Gasteiger partial charge in [-0.1, -0.05) is 17.7 Å². The third kappa shape index (κ3) is 1.70. The highest BCUT2D eigenvalue weighted by Gasteiger charge is 2.14. The van der Waals surface area contributed by atoms with E-state index in [0.29, 0.717) is 0 Å². The second-order valence-electron chi connectivity index (χ2n) is 2.43. The lowest BCUT2D eigenvalue weighted by Crippen LogP contribution is -2.02. The maximum absolute atomic E-state index is 11.1. The molecule has 1 rings (SSSR count). The zero-order valence-corrected chi connectivity index (χ0v) is 7.98. The van der Waals surface area contributed by atoms with Gasteiger partial charge in [-0.05, 0) is 12.1 Å². The molecular weight excluding hydrogens is 198 g/mol. The lowest BCUT2D eigenvalue weighted by molar-refractivity contribution is 0.602. The molecule has 0 fully saturated rings. The lowest BCUT2D eigenvalue weighted by atomic mass is 10.3. The minimum Gasteiger partial charge on any atom is -0.398 e. The fourth-order valence-electron chi connectivity index (χ4n) is 0.917. The smallest absolute Gasteiger partial charge is 0.179 e. The molecule has 5 heteroatoms. The highest BCUT2D eigenvalue weighted by molar-refractivity contribution is 7.91. The number of nitrogen functional groups attached to an aromatic ring is 1. The summed E-state index contributed by atoms with van der Waals surface area (Å²) in [5.41, 5.74) is 5.63. The Morgan fingerprint density at radius 3 is 2.33 bits per heavy atom. The van der Waals surface area contributed by atoms with Crippen LogP contribution in [0.1, 0.15) is 0 Å². The number of sulfone groups is 1. The van der Waals surface area contributed by atoms with E-state index in [4.69, 9.17) is 17.3 Å². The number of rotatable bonds is 1. The number of anilines is 1. The summed E-state index contributed by atoms with van der Waals surface area (Å²) in [6.45, 7) is 0. The first kappa shape index (κ1) is 9.35. The zero-order chi connectivity index (χ0) is 9.35. The first-order valence-electron chi connectivity index (χ1n) is 3.17. The molecule has 1 aromatic rings. The summed E-state index contributed by atoms with van der Waals surface area (Å²) in [6.07, 6.45) is 1.07. The molecule has 0 bridgehead atoms. The van der Waals surface area contributed by atoms with Gasteiger partial charge in [-0.2, -0.15) is 0 Å². The second-order valence-corrected chi connectivity index (χ2v) is 4.79. The predicted octanol–water partition coefficient (Wildman–Crippen LogP) is 1.33. The first-order chi connectivity index (χ1) is 5.43. The summed E-state index contributed by atoms with van der Waals surface area (Å²) < 4.78 is 22.2. The van der Waals surface area contributed by atoms with E-state index in [2.05, 4.69) is 0 Å². The fourth-order valence-corrected chi connectivity index (χ4v) is 2.44. The van der Waals surface area contributed by atoms with E-state index in [1.54, 1.807) is 6.07 Å². The molecule has 0 aliphatic heterocycles. The molecule has 0 radical (unpaired) electrons. The van der Waals surface area contributed by atoms with Crippen molar-refractivity contribution in [3.63, 3.8) is 0 Å². The van der Waals surface area contributed by atoms with E-state index >= 15 is 0 Å². The van der Waals surface area contributed by atoms with Crippen LogP contribution < -0.4 is 5.73 Å². The van der Waals surface area contributed by atoms with Crippen molar-refractivity contribution < 1.29 is 8.42 Å². The number of hydrogen-bond donors (Lipinski definition) is 1. The van der Waals surface area contributed by atoms with Gasteiger partial charge < -0.3 is 5.73 Å². The van der Waals surface area contributed by atoms with E-state index in [0.717, 1.165) is 6.26 Å². The van der Waals surface area contributed by atoms with E-state index in [-0.39, 0.29) is 15.6 Å². The molecule has 2 N–H and O–H groups in total. The summed E-state index contributed by atoms with van der Waals surface area (Å²) in [5, 5.41) is 0.164. The van der Waals surface area contributed by atoms with Gasteiger partial charge in [-0.15, -0.1) is 0 Å². The van der Waals surface area contributed by atoms with Crippen LogP contribution in [0.3, 0.4) is 0 Å². The summed E-state index contributed by atoms with van der Waals surface area (Å²) in [7, 11) is -3.32. The number of benzene rings is 1. The van der Waals surface area contributed by atoms with Crippen molar-refractivity contribution in [1.29, 1.82) is 0 Å². The minimum absolute atomic E-state index is 0.00617. The van der Waals surface area contributed by atoms with Gasteiger partial charge in [0.25, 0.3) is 0 Å². The number of hydrogen-bond acceptors (Lipinski definition) is 3. The molecule has 0 amide bonds. The SMILES string of the molecule is CS(=O)(=O)c1c(N)cccc1Cl. The molecule has 0 aromatic heterocycles. The Kier molecular flexibility index (Phi) is 2.30. The normalized spacial score (nSPS) is 11.5. The Labute approximate surface area is 76.1 Å². The zero-order valence-electron chi connectivity index (χ0n) is 6.41. The highest BCUT2D eigenvalue weighted by Crippen LogP contribution is 2.26. The van der Waals surface area contributed by atoms with Crippen molar-refractivity contribution in [3.05, 3.63) is 23.2 Å². The predicted molar refractivity (Wildman–Crippen MR) is 49.0 cm³/mol. The topological polar surface area (TPSA) is 60.2 Å². The van der Waals surface area contributed by atoms with Crippen molar-refractivity contribution in [2.75, 3.05) is 12.0 Å². The van der Waals surface area contributed by atoms with Gasteiger partial charge in [0.15, 0.2) is 9.84 Å². The van der Waals surface area contributed by atoms with E-state index in [1.165, 1.54) is 12.1 Å². The number of halogens is 1. The largest absolute Gasteiger partial charge is 0.398 e. The highest BCUT2D eigenvalue weighted by atomic mass is 35.5. The maximum atomic E-state index is 11.1. The molecule has 3 nitrogen and oxygen atoms in total. The van der Waals surface area contributed by atoms with Crippen LogP contribution in [-0.4, -0.2) is 14.7 Å². The van der Waals surface area contributed by atoms with E-state index < -0.39 is 9.84 Å². The van der Waals surface area contributed by atoms with Crippen molar-refractivity contribution in [2.45, 2.75) is 4.90 Å². The molecule has 66 valence electrons. The van der Waals surface area contributed by atoms with Crippen LogP contribution in [0.4, 0.5) is 5.69 Å². The Bertz CT molecular complexity index is 380. The summed E-state index contributed by atoms with van der Waals surface area (Å²) in [6, 6.07) is 4.60. The average Bonchev–Trinajstić information content (AvgIpc) is 1.82. The standard InChI is InChI=1S/C7H8ClNO2S/c1-12(10,11)7-5(8)3-2-4-6(7)9/h2-4H,9H2,1H3. The second kappa shape index (κ2) is 2.95. The van der Waals surface area contributed by atoms with Crippen LogP contribution >= 0.6 is 11.6 Å². The molecule has 0 atom stereocenters. The minimum atomic E-state index is -3.32. The van der Waals surface area contributed by atoms with Crippen LogP contribution in [0.25, 0.3) is 0 Å². The van der Waals surface area contributed by atoms with Gasteiger partial charge in [-0.3, -0.25) is 0 Å². The quantitative estimate of drug-likeness (QED) is 0.704. The molecule has 12 heavy (non-hydrogen) atoms. The molecule has 0 aliphatic carbocycles. The molecule has 0 saturated heterocycles. The molecule has 0 aliphatic rings. The monoisotopic (exact) mass is 205 g/mol. The molecule has 0 saturated carbocycles. The van der Waals surface area contributed by atoms with Gasteiger partial charge in [0.2, 0.25) is 0 Å². The Balaban J connectivity index is 3.53. The van der Waals surface area contributed by atoms with Crippen LogP contribution in [0.2, 0.25) is 5.02 Å². The first-order valence-corrected chi connectivity index (χ1v) is 5.44. The molecule has 1 aromatic carbocycles. The average molecular weight is 206 g/mol. The van der Waals surface area contributed by atoms with Crippen molar-refractivity contribution in [3.8, 4) is 0 Å².